The molecule has 1 heterocycles. The van der Waals surface area contributed by atoms with Crippen LogP contribution in [0.15, 0.2) is 65.1 Å². The number of rotatable bonds is 5. The largest absolute Gasteiger partial charge is 0.490 e. The van der Waals surface area contributed by atoms with Crippen LogP contribution in [0.5, 0.6) is 5.75 Å². The van der Waals surface area contributed by atoms with Crippen LogP contribution in [0.25, 0.3) is 21.8 Å². The molecule has 150 valence electrons. The van der Waals surface area contributed by atoms with Gasteiger partial charge in [0.2, 0.25) is 5.82 Å². The molecule has 0 amide bonds. The predicted molar refractivity (Wildman–Crippen MR) is 108 cm³/mol. The van der Waals surface area contributed by atoms with E-state index in [1.54, 1.807) is 24.3 Å². The van der Waals surface area contributed by atoms with Gasteiger partial charge in [0.15, 0.2) is 0 Å². The van der Waals surface area contributed by atoms with Gasteiger partial charge in [-0.25, -0.2) is 4.98 Å². The number of nitrogens with zero attached hydrogens (tertiary/aromatic N) is 2. The fourth-order valence-electron chi connectivity index (χ4n) is 3.25. The molecule has 0 bridgehead atoms. The van der Waals surface area contributed by atoms with Gasteiger partial charge in [-0.1, -0.05) is 42.5 Å². The van der Waals surface area contributed by atoms with Crippen molar-refractivity contribution in [2.75, 3.05) is 6.61 Å². The number of ether oxygens (including phenoxy) is 1. The molecule has 4 nitrogen and oxygen atoms in total. The highest BCUT2D eigenvalue weighted by Crippen LogP contribution is 2.34. The van der Waals surface area contributed by atoms with E-state index >= 15 is 0 Å². The van der Waals surface area contributed by atoms with Crippen molar-refractivity contribution in [3.05, 3.63) is 71.0 Å². The summed E-state index contributed by atoms with van der Waals surface area (Å²) >= 11 is 3.49. The van der Waals surface area contributed by atoms with E-state index in [0.29, 0.717) is 11.3 Å². The van der Waals surface area contributed by atoms with Crippen molar-refractivity contribution < 1.29 is 23.0 Å². The second-order valence-electron chi connectivity index (χ2n) is 6.60. The zero-order valence-corrected chi connectivity index (χ0v) is 16.6. The van der Waals surface area contributed by atoms with Crippen LogP contribution in [0, 0.1) is 0 Å². The Hall–Kier alpha value is -2.58. The lowest BCUT2D eigenvalue weighted by molar-refractivity contribution is -0.147. The van der Waals surface area contributed by atoms with Crippen molar-refractivity contribution in [3.8, 4) is 5.75 Å². The molecule has 4 aromatic rings. The number of fused-ring (bicyclic) bond motifs is 2. The van der Waals surface area contributed by atoms with Gasteiger partial charge in [0.25, 0.3) is 0 Å². The molecule has 29 heavy (non-hydrogen) atoms. The van der Waals surface area contributed by atoms with Gasteiger partial charge >= 0.3 is 6.18 Å². The number of hydrogen-bond acceptors (Lipinski definition) is 3. The van der Waals surface area contributed by atoms with Crippen molar-refractivity contribution in [2.24, 2.45) is 0 Å². The minimum absolute atomic E-state index is 0.166. The Morgan fingerprint density at radius 1 is 1.03 bits per heavy atom. The molecule has 1 aromatic heterocycles. The summed E-state index contributed by atoms with van der Waals surface area (Å²) in [7, 11) is 0. The van der Waals surface area contributed by atoms with Crippen molar-refractivity contribution in [1.82, 2.24) is 9.55 Å². The number of imidazole rings is 1. The van der Waals surface area contributed by atoms with Crippen molar-refractivity contribution >= 4 is 37.7 Å². The summed E-state index contributed by atoms with van der Waals surface area (Å²) in [6, 6.07) is 17.7. The van der Waals surface area contributed by atoms with Gasteiger partial charge < -0.3 is 14.4 Å². The average molecular weight is 465 g/mol. The molecule has 0 aliphatic heterocycles. The van der Waals surface area contributed by atoms with E-state index in [1.807, 2.05) is 30.3 Å². The third kappa shape index (κ3) is 3.95. The molecular formula is C21H16BrF3N2O2. The number of benzene rings is 3. The number of halogens is 4. The molecule has 1 atom stereocenters. The summed E-state index contributed by atoms with van der Waals surface area (Å²) in [5.74, 6) is -0.529. The molecule has 0 radical (unpaired) electrons. The number of para-hydroxylation sites is 2. The standard InChI is InChI=1S/C21H16BrF3N2O2/c22-19-15-6-2-1-5-13(15)9-10-18(19)29-12-14(28)11-27-17-8-4-3-7-16(17)26-20(27)21(23,24)25/h1-10,14,28H,11-12H2/t14-/m0/s1. The SMILES string of the molecule is O[C@H](COc1ccc2ccccc2c1Br)Cn1c(C(F)(F)F)nc2ccccc21. The third-order valence-electron chi connectivity index (χ3n) is 4.56. The van der Waals surface area contributed by atoms with Crippen LogP contribution in [0.2, 0.25) is 0 Å². The Morgan fingerprint density at radius 2 is 1.76 bits per heavy atom. The minimum atomic E-state index is -4.62. The summed E-state index contributed by atoms with van der Waals surface area (Å²) in [5, 5.41) is 12.3. The Labute approximate surface area is 172 Å². The van der Waals surface area contributed by atoms with Gasteiger partial charge in [-0.15, -0.1) is 0 Å². The Bertz CT molecular complexity index is 1170. The fraction of sp³-hybridized carbons (Fsp3) is 0.190. The fourth-order valence-corrected chi connectivity index (χ4v) is 3.86. The lowest BCUT2D eigenvalue weighted by Crippen LogP contribution is -2.26. The second-order valence-corrected chi connectivity index (χ2v) is 7.39. The summed E-state index contributed by atoms with van der Waals surface area (Å²) in [6.45, 7) is -0.457. The van der Waals surface area contributed by atoms with Gasteiger partial charge in [0.05, 0.1) is 22.1 Å². The molecule has 3 aromatic carbocycles. The normalized spacial score (nSPS) is 13.1. The molecule has 8 heteroatoms. The summed E-state index contributed by atoms with van der Waals surface area (Å²) in [6.07, 6.45) is -5.78. The average Bonchev–Trinajstić information content (AvgIpc) is 3.07. The highest BCUT2D eigenvalue weighted by molar-refractivity contribution is 9.10. The van der Waals surface area contributed by atoms with Crippen LogP contribution in [-0.4, -0.2) is 27.4 Å². The molecular weight excluding hydrogens is 449 g/mol. The topological polar surface area (TPSA) is 47.3 Å². The number of aromatic nitrogens is 2. The van der Waals surface area contributed by atoms with E-state index in [4.69, 9.17) is 4.74 Å². The van der Waals surface area contributed by atoms with Gasteiger partial charge in [-0.3, -0.25) is 0 Å². The summed E-state index contributed by atoms with van der Waals surface area (Å²) < 4.78 is 47.6. The highest BCUT2D eigenvalue weighted by Gasteiger charge is 2.38. The molecule has 0 saturated heterocycles. The molecule has 4 rings (SSSR count). The number of alkyl halides is 3. The third-order valence-corrected chi connectivity index (χ3v) is 5.38. The van der Waals surface area contributed by atoms with E-state index in [-0.39, 0.29) is 18.7 Å². The lowest BCUT2D eigenvalue weighted by Gasteiger charge is -2.17. The number of aliphatic hydroxyl groups excluding tert-OH is 1. The Balaban J connectivity index is 1.55. The van der Waals surface area contributed by atoms with Gasteiger partial charge in [-0.2, -0.15) is 13.2 Å². The number of hydrogen-bond donors (Lipinski definition) is 1. The van der Waals surface area contributed by atoms with Crippen LogP contribution < -0.4 is 4.74 Å². The second kappa shape index (κ2) is 7.68. The minimum Gasteiger partial charge on any atom is -0.490 e. The zero-order valence-electron chi connectivity index (χ0n) is 15.0. The molecule has 0 spiro atoms. The maximum absolute atomic E-state index is 13.4. The van der Waals surface area contributed by atoms with Crippen LogP contribution in [0.4, 0.5) is 13.2 Å². The quantitative estimate of drug-likeness (QED) is 0.429. The van der Waals surface area contributed by atoms with Gasteiger partial charge in [-0.05, 0) is 44.9 Å². The van der Waals surface area contributed by atoms with E-state index in [2.05, 4.69) is 20.9 Å². The first-order chi connectivity index (χ1) is 13.8. The maximum atomic E-state index is 13.4. The predicted octanol–water partition coefficient (Wildman–Crippen LogP) is 5.41. The van der Waals surface area contributed by atoms with Crippen molar-refractivity contribution in [2.45, 2.75) is 18.8 Å². The smallest absolute Gasteiger partial charge is 0.449 e. The first-order valence-corrected chi connectivity index (χ1v) is 9.64. The van der Waals surface area contributed by atoms with E-state index in [9.17, 15) is 18.3 Å². The summed E-state index contributed by atoms with van der Waals surface area (Å²) in [4.78, 5) is 3.68. The molecule has 0 saturated carbocycles. The van der Waals surface area contributed by atoms with E-state index in [1.165, 1.54) is 6.07 Å². The first kappa shape index (κ1) is 19.7. The molecule has 0 unspecified atom stereocenters. The Morgan fingerprint density at radius 3 is 2.55 bits per heavy atom. The maximum Gasteiger partial charge on any atom is 0.449 e. The molecule has 0 aliphatic rings. The van der Waals surface area contributed by atoms with Crippen molar-refractivity contribution in [1.29, 1.82) is 0 Å². The Kier molecular flexibility index (Phi) is 5.23. The monoisotopic (exact) mass is 464 g/mol. The van der Waals surface area contributed by atoms with Crippen molar-refractivity contribution in [3.63, 3.8) is 0 Å². The molecule has 0 aliphatic carbocycles. The zero-order chi connectivity index (χ0) is 20.6. The van der Waals surface area contributed by atoms with Crippen LogP contribution in [0.1, 0.15) is 5.82 Å². The summed E-state index contributed by atoms with van der Waals surface area (Å²) in [5.41, 5.74) is 0.538. The van der Waals surface area contributed by atoms with Gasteiger partial charge in [0.1, 0.15) is 18.5 Å². The first-order valence-electron chi connectivity index (χ1n) is 8.85. The van der Waals surface area contributed by atoms with Gasteiger partial charge in [0, 0.05) is 0 Å². The van der Waals surface area contributed by atoms with Crippen LogP contribution >= 0.6 is 15.9 Å². The van der Waals surface area contributed by atoms with E-state index in [0.717, 1.165) is 19.8 Å². The number of aliphatic hydroxyl groups is 1. The van der Waals surface area contributed by atoms with E-state index < -0.39 is 18.1 Å². The molecule has 0 fully saturated rings. The molecule has 1 N–H and O–H groups in total. The lowest BCUT2D eigenvalue weighted by atomic mass is 10.1. The highest BCUT2D eigenvalue weighted by atomic mass is 79.9. The van der Waals surface area contributed by atoms with Crippen LogP contribution in [0.3, 0.4) is 0 Å². The van der Waals surface area contributed by atoms with Crippen LogP contribution in [-0.2, 0) is 12.7 Å².